The lowest BCUT2D eigenvalue weighted by Crippen LogP contribution is -2.38. The lowest BCUT2D eigenvalue weighted by atomic mass is 9.96. The molecule has 0 aliphatic heterocycles. The van der Waals surface area contributed by atoms with Gasteiger partial charge in [0.15, 0.2) is 0 Å². The maximum absolute atomic E-state index is 12.0. The minimum absolute atomic E-state index is 0.115. The molecule has 1 aromatic heterocycles. The van der Waals surface area contributed by atoms with Crippen molar-refractivity contribution in [2.24, 2.45) is 0 Å². The highest BCUT2D eigenvalue weighted by molar-refractivity contribution is 5.89. The summed E-state index contributed by atoms with van der Waals surface area (Å²) in [6, 6.07) is 7.96. The average molecular weight is 298 g/mol. The van der Waals surface area contributed by atoms with Crippen LogP contribution in [0.5, 0.6) is 0 Å². The molecule has 5 nitrogen and oxygen atoms in total. The van der Waals surface area contributed by atoms with Crippen molar-refractivity contribution in [2.45, 2.75) is 45.1 Å². The fourth-order valence-electron chi connectivity index (χ4n) is 2.96. The molecule has 0 bridgehead atoms. The van der Waals surface area contributed by atoms with Gasteiger partial charge < -0.3 is 15.6 Å². The van der Waals surface area contributed by atoms with Gasteiger partial charge >= 0.3 is 6.03 Å². The molecule has 2 aromatic rings. The monoisotopic (exact) mass is 298 g/mol. The Kier molecular flexibility index (Phi) is 4.42. The van der Waals surface area contributed by atoms with Crippen molar-refractivity contribution < 1.29 is 4.79 Å². The van der Waals surface area contributed by atoms with E-state index in [4.69, 9.17) is 0 Å². The van der Waals surface area contributed by atoms with E-state index in [2.05, 4.69) is 20.6 Å². The molecule has 1 fully saturated rings. The molecule has 0 atom stereocenters. The molecule has 1 aliphatic rings. The summed E-state index contributed by atoms with van der Waals surface area (Å²) >= 11 is 0. The number of aromatic amines is 1. The van der Waals surface area contributed by atoms with Crippen LogP contribution in [-0.2, 0) is 0 Å². The number of anilines is 1. The first-order valence-corrected chi connectivity index (χ1v) is 7.90. The number of amides is 2. The Morgan fingerprint density at radius 2 is 1.91 bits per heavy atom. The molecule has 1 heterocycles. The van der Waals surface area contributed by atoms with Gasteiger partial charge in [0.1, 0.15) is 0 Å². The van der Waals surface area contributed by atoms with Crippen LogP contribution >= 0.6 is 0 Å². The number of hydrogen-bond donors (Lipinski definition) is 3. The highest BCUT2D eigenvalue weighted by Crippen LogP contribution is 2.22. The fraction of sp³-hybridized carbons (Fsp3) is 0.412. The van der Waals surface area contributed by atoms with Crippen molar-refractivity contribution in [3.05, 3.63) is 36.3 Å². The van der Waals surface area contributed by atoms with Crippen LogP contribution < -0.4 is 10.6 Å². The fourth-order valence-corrected chi connectivity index (χ4v) is 2.96. The van der Waals surface area contributed by atoms with Crippen molar-refractivity contribution >= 4 is 11.7 Å². The number of H-pyrrole nitrogens is 1. The molecule has 0 unspecified atom stereocenters. The molecular weight excluding hydrogens is 276 g/mol. The average Bonchev–Trinajstić information content (AvgIpc) is 2.95. The number of nitrogens with zero attached hydrogens (tertiary/aromatic N) is 1. The lowest BCUT2D eigenvalue weighted by Gasteiger charge is -2.22. The Labute approximate surface area is 130 Å². The van der Waals surface area contributed by atoms with Crippen LogP contribution in [0.3, 0.4) is 0 Å². The Bertz CT molecular complexity index is 626. The Morgan fingerprint density at radius 1 is 1.18 bits per heavy atom. The second kappa shape index (κ2) is 6.64. The first kappa shape index (κ1) is 14.6. The van der Waals surface area contributed by atoms with Crippen LogP contribution in [-0.4, -0.2) is 22.0 Å². The molecule has 1 aliphatic carbocycles. The largest absolute Gasteiger partial charge is 0.348 e. The number of rotatable bonds is 3. The lowest BCUT2D eigenvalue weighted by molar-refractivity contribution is 0.244. The summed E-state index contributed by atoms with van der Waals surface area (Å²) in [6.07, 6.45) is 7.57. The second-order valence-corrected chi connectivity index (χ2v) is 5.89. The highest BCUT2D eigenvalue weighted by atomic mass is 16.2. The summed E-state index contributed by atoms with van der Waals surface area (Å²) in [5.74, 6) is 0. The van der Waals surface area contributed by atoms with E-state index in [-0.39, 0.29) is 6.03 Å². The molecule has 22 heavy (non-hydrogen) atoms. The first-order valence-electron chi connectivity index (χ1n) is 7.90. The van der Waals surface area contributed by atoms with Crippen LogP contribution in [0.2, 0.25) is 0 Å². The minimum Gasteiger partial charge on any atom is -0.348 e. The van der Waals surface area contributed by atoms with Crippen LogP contribution in [0.25, 0.3) is 11.3 Å². The first-order chi connectivity index (χ1) is 10.7. The predicted molar refractivity (Wildman–Crippen MR) is 87.8 cm³/mol. The maximum atomic E-state index is 12.0. The number of benzene rings is 1. The van der Waals surface area contributed by atoms with Crippen molar-refractivity contribution in [1.82, 2.24) is 15.3 Å². The van der Waals surface area contributed by atoms with E-state index in [0.29, 0.717) is 6.04 Å². The normalized spacial score (nSPS) is 15.5. The molecule has 0 saturated heterocycles. The maximum Gasteiger partial charge on any atom is 0.319 e. The van der Waals surface area contributed by atoms with E-state index in [1.54, 1.807) is 6.33 Å². The second-order valence-electron chi connectivity index (χ2n) is 5.89. The number of nitrogens with one attached hydrogen (secondary N) is 3. The number of hydrogen-bond acceptors (Lipinski definition) is 2. The van der Waals surface area contributed by atoms with Crippen molar-refractivity contribution in [3.8, 4) is 11.3 Å². The number of aryl methyl sites for hydroxylation is 1. The van der Waals surface area contributed by atoms with E-state index >= 15 is 0 Å². The van der Waals surface area contributed by atoms with Gasteiger partial charge in [-0.2, -0.15) is 0 Å². The molecule has 5 heteroatoms. The number of imidazole rings is 1. The zero-order valence-corrected chi connectivity index (χ0v) is 12.9. The van der Waals surface area contributed by atoms with Gasteiger partial charge in [-0.3, -0.25) is 0 Å². The molecular formula is C17H22N4O. The van der Waals surface area contributed by atoms with Crippen molar-refractivity contribution in [3.63, 3.8) is 0 Å². The number of carbonyl (C=O) groups is 1. The molecule has 0 spiro atoms. The minimum atomic E-state index is -0.115. The van der Waals surface area contributed by atoms with Gasteiger partial charge in [0, 0.05) is 23.0 Å². The summed E-state index contributed by atoms with van der Waals surface area (Å²) in [5.41, 5.74) is 3.82. The van der Waals surface area contributed by atoms with Crippen LogP contribution in [0, 0.1) is 6.92 Å². The van der Waals surface area contributed by atoms with E-state index < -0.39 is 0 Å². The number of carbonyl (C=O) groups excluding carboxylic acids is 1. The third-order valence-corrected chi connectivity index (χ3v) is 4.19. The van der Waals surface area contributed by atoms with Gasteiger partial charge in [0.2, 0.25) is 0 Å². The van der Waals surface area contributed by atoms with E-state index in [1.807, 2.05) is 31.2 Å². The Balaban J connectivity index is 1.58. The van der Waals surface area contributed by atoms with Crippen LogP contribution in [0.1, 0.15) is 37.8 Å². The molecule has 3 N–H and O–H groups in total. The smallest absolute Gasteiger partial charge is 0.319 e. The molecule has 1 aromatic carbocycles. The Morgan fingerprint density at radius 3 is 2.55 bits per heavy atom. The summed E-state index contributed by atoms with van der Waals surface area (Å²) in [5, 5.41) is 5.95. The summed E-state index contributed by atoms with van der Waals surface area (Å²) in [6.45, 7) is 1.99. The molecule has 0 radical (unpaired) electrons. The quantitative estimate of drug-likeness (QED) is 0.805. The topological polar surface area (TPSA) is 69.8 Å². The van der Waals surface area contributed by atoms with Crippen LogP contribution in [0.4, 0.5) is 10.5 Å². The SMILES string of the molecule is Cc1[nH]cnc1-c1ccc(NC(=O)NC2CCCCC2)cc1. The molecule has 3 rings (SSSR count). The van der Waals surface area contributed by atoms with Crippen molar-refractivity contribution in [2.75, 3.05) is 5.32 Å². The summed E-state index contributed by atoms with van der Waals surface area (Å²) in [4.78, 5) is 19.4. The van der Waals surface area contributed by atoms with Gasteiger partial charge in [-0.25, -0.2) is 9.78 Å². The van der Waals surface area contributed by atoms with Gasteiger partial charge in [-0.15, -0.1) is 0 Å². The molecule has 116 valence electrons. The predicted octanol–water partition coefficient (Wildman–Crippen LogP) is 3.84. The van der Waals surface area contributed by atoms with Gasteiger partial charge in [0.05, 0.1) is 12.0 Å². The van der Waals surface area contributed by atoms with E-state index in [9.17, 15) is 4.79 Å². The summed E-state index contributed by atoms with van der Waals surface area (Å²) in [7, 11) is 0. The Hall–Kier alpha value is -2.30. The van der Waals surface area contributed by atoms with Gasteiger partial charge in [-0.1, -0.05) is 31.4 Å². The van der Waals surface area contributed by atoms with Gasteiger partial charge in [-0.05, 0) is 31.9 Å². The zero-order valence-electron chi connectivity index (χ0n) is 12.9. The highest BCUT2D eigenvalue weighted by Gasteiger charge is 2.15. The third kappa shape index (κ3) is 3.47. The molecule has 2 amide bonds. The van der Waals surface area contributed by atoms with Gasteiger partial charge in [0.25, 0.3) is 0 Å². The zero-order chi connectivity index (χ0) is 15.4. The van der Waals surface area contributed by atoms with E-state index in [1.165, 1.54) is 19.3 Å². The number of urea groups is 1. The molecule has 1 saturated carbocycles. The number of aromatic nitrogens is 2. The summed E-state index contributed by atoms with van der Waals surface area (Å²) < 4.78 is 0. The van der Waals surface area contributed by atoms with Crippen LogP contribution in [0.15, 0.2) is 30.6 Å². The third-order valence-electron chi connectivity index (χ3n) is 4.19. The van der Waals surface area contributed by atoms with Crippen molar-refractivity contribution in [1.29, 1.82) is 0 Å². The standard InChI is InChI=1S/C17H22N4O/c1-12-16(19-11-18-12)13-7-9-15(10-8-13)21-17(22)20-14-5-3-2-4-6-14/h7-11,14H,2-6H2,1H3,(H,18,19)(H2,20,21,22). The van der Waals surface area contributed by atoms with E-state index in [0.717, 1.165) is 35.5 Å².